The van der Waals surface area contributed by atoms with Crippen molar-refractivity contribution < 1.29 is 4.39 Å². The summed E-state index contributed by atoms with van der Waals surface area (Å²) >= 11 is 3.34. The van der Waals surface area contributed by atoms with E-state index in [1.807, 2.05) is 6.07 Å². The van der Waals surface area contributed by atoms with Gasteiger partial charge in [-0.05, 0) is 45.1 Å². The molecule has 1 aliphatic rings. The van der Waals surface area contributed by atoms with E-state index < -0.39 is 0 Å². The lowest BCUT2D eigenvalue weighted by atomic mass is 9.99. The van der Waals surface area contributed by atoms with Gasteiger partial charge >= 0.3 is 0 Å². The van der Waals surface area contributed by atoms with E-state index in [1.165, 1.54) is 17.2 Å². The van der Waals surface area contributed by atoms with Crippen molar-refractivity contribution >= 4 is 15.9 Å². The van der Waals surface area contributed by atoms with Crippen molar-refractivity contribution in [1.82, 2.24) is 4.90 Å². The molecular weight excluding hydrogens is 305 g/mol. The van der Waals surface area contributed by atoms with Crippen LogP contribution >= 0.6 is 15.9 Å². The van der Waals surface area contributed by atoms with Crippen LogP contribution in [0.5, 0.6) is 0 Å². The molecule has 0 saturated carbocycles. The minimum Gasteiger partial charge on any atom is -0.294 e. The number of fused-ring (bicyclic) bond motifs is 1. The van der Waals surface area contributed by atoms with Crippen molar-refractivity contribution in [2.45, 2.75) is 19.5 Å². The van der Waals surface area contributed by atoms with Crippen LogP contribution in [0.2, 0.25) is 0 Å². The topological polar surface area (TPSA) is 3.24 Å². The van der Waals surface area contributed by atoms with Crippen LogP contribution in [0.4, 0.5) is 4.39 Å². The molecule has 98 valence electrons. The predicted octanol–water partition coefficient (Wildman–Crippen LogP) is 4.15. The van der Waals surface area contributed by atoms with E-state index in [2.05, 4.69) is 45.1 Å². The summed E-state index contributed by atoms with van der Waals surface area (Å²) in [5, 5.41) is 0. The summed E-state index contributed by atoms with van der Waals surface area (Å²) in [5.41, 5.74) is 3.85. The summed E-state index contributed by atoms with van der Waals surface area (Å²) in [7, 11) is 0. The second kappa shape index (κ2) is 5.43. The molecule has 0 unspecified atom stereocenters. The zero-order valence-electron chi connectivity index (χ0n) is 10.6. The summed E-state index contributed by atoms with van der Waals surface area (Å²) < 4.78 is 14.1. The summed E-state index contributed by atoms with van der Waals surface area (Å²) in [4.78, 5) is 2.36. The van der Waals surface area contributed by atoms with Crippen molar-refractivity contribution in [3.8, 4) is 0 Å². The molecule has 0 radical (unpaired) electrons. The Morgan fingerprint density at radius 2 is 1.84 bits per heavy atom. The van der Waals surface area contributed by atoms with Crippen LogP contribution in [-0.4, -0.2) is 11.4 Å². The Balaban J connectivity index is 1.77. The summed E-state index contributed by atoms with van der Waals surface area (Å²) in [6, 6.07) is 13.8. The van der Waals surface area contributed by atoms with Gasteiger partial charge in [0.1, 0.15) is 5.82 Å². The van der Waals surface area contributed by atoms with Crippen LogP contribution < -0.4 is 0 Å². The van der Waals surface area contributed by atoms with E-state index in [0.29, 0.717) is 4.47 Å². The minimum atomic E-state index is -0.185. The van der Waals surface area contributed by atoms with Gasteiger partial charge in [-0.25, -0.2) is 4.39 Å². The van der Waals surface area contributed by atoms with E-state index in [0.717, 1.165) is 31.6 Å². The zero-order valence-corrected chi connectivity index (χ0v) is 12.2. The van der Waals surface area contributed by atoms with Gasteiger partial charge in [0.15, 0.2) is 0 Å². The minimum absolute atomic E-state index is 0.185. The van der Waals surface area contributed by atoms with Gasteiger partial charge in [0, 0.05) is 19.6 Å². The Labute approximate surface area is 121 Å². The van der Waals surface area contributed by atoms with E-state index in [9.17, 15) is 4.39 Å². The van der Waals surface area contributed by atoms with E-state index in [-0.39, 0.29) is 5.82 Å². The van der Waals surface area contributed by atoms with Gasteiger partial charge in [-0.15, -0.1) is 0 Å². The van der Waals surface area contributed by atoms with Crippen LogP contribution in [0.3, 0.4) is 0 Å². The molecule has 3 heteroatoms. The van der Waals surface area contributed by atoms with Crippen molar-refractivity contribution in [3.05, 3.63) is 69.4 Å². The molecule has 2 aromatic carbocycles. The maximum absolute atomic E-state index is 13.5. The Bertz CT molecular complexity index is 597. The van der Waals surface area contributed by atoms with Crippen molar-refractivity contribution in [3.63, 3.8) is 0 Å². The highest BCUT2D eigenvalue weighted by atomic mass is 79.9. The molecule has 1 aliphatic heterocycles. The number of benzene rings is 2. The van der Waals surface area contributed by atoms with Gasteiger partial charge in [0.2, 0.25) is 0 Å². The van der Waals surface area contributed by atoms with Gasteiger partial charge in [-0.1, -0.05) is 36.4 Å². The Kier molecular flexibility index (Phi) is 3.67. The van der Waals surface area contributed by atoms with E-state index in [4.69, 9.17) is 0 Å². The smallest absolute Gasteiger partial charge is 0.137 e. The van der Waals surface area contributed by atoms with Gasteiger partial charge in [0.25, 0.3) is 0 Å². The average molecular weight is 320 g/mol. The monoisotopic (exact) mass is 319 g/mol. The van der Waals surface area contributed by atoms with E-state index >= 15 is 0 Å². The highest BCUT2D eigenvalue weighted by molar-refractivity contribution is 9.10. The van der Waals surface area contributed by atoms with Gasteiger partial charge < -0.3 is 0 Å². The molecule has 3 rings (SSSR count). The average Bonchev–Trinajstić information content (AvgIpc) is 2.44. The molecule has 0 N–H and O–H groups in total. The Morgan fingerprint density at radius 1 is 1.05 bits per heavy atom. The standard InChI is InChI=1S/C16H15BrFN/c17-16-14(6-3-7-15(16)18)11-19-9-8-12-4-1-2-5-13(12)10-19/h1-7H,8-11H2. The number of nitrogens with zero attached hydrogens (tertiary/aromatic N) is 1. The second-order valence-corrected chi connectivity index (χ2v) is 5.74. The van der Waals surface area contributed by atoms with E-state index in [1.54, 1.807) is 6.07 Å². The Morgan fingerprint density at radius 3 is 2.68 bits per heavy atom. The van der Waals surface area contributed by atoms with Gasteiger partial charge in [-0.3, -0.25) is 4.90 Å². The second-order valence-electron chi connectivity index (χ2n) is 4.94. The van der Waals surface area contributed by atoms with Gasteiger partial charge in [-0.2, -0.15) is 0 Å². The number of rotatable bonds is 2. The Hall–Kier alpha value is -1.19. The van der Waals surface area contributed by atoms with Crippen LogP contribution in [0.15, 0.2) is 46.9 Å². The largest absolute Gasteiger partial charge is 0.294 e. The third-order valence-corrected chi connectivity index (χ3v) is 4.52. The normalized spacial score (nSPS) is 15.3. The first-order valence-electron chi connectivity index (χ1n) is 6.46. The first-order chi connectivity index (χ1) is 9.24. The fourth-order valence-electron chi connectivity index (χ4n) is 2.60. The lowest BCUT2D eigenvalue weighted by Gasteiger charge is -2.29. The van der Waals surface area contributed by atoms with Crippen LogP contribution in [0, 0.1) is 5.82 Å². The fourth-order valence-corrected chi connectivity index (χ4v) is 2.99. The maximum atomic E-state index is 13.5. The quantitative estimate of drug-likeness (QED) is 0.804. The molecule has 0 amide bonds. The molecular formula is C16H15BrFN. The van der Waals surface area contributed by atoms with Crippen LogP contribution in [-0.2, 0) is 19.5 Å². The van der Waals surface area contributed by atoms with Crippen molar-refractivity contribution in [1.29, 1.82) is 0 Å². The highest BCUT2D eigenvalue weighted by Crippen LogP contribution is 2.25. The summed E-state index contributed by atoms with van der Waals surface area (Å²) in [6.07, 6.45) is 1.07. The first-order valence-corrected chi connectivity index (χ1v) is 7.25. The molecule has 0 saturated heterocycles. The molecule has 1 nitrogen and oxygen atoms in total. The number of halogens is 2. The lowest BCUT2D eigenvalue weighted by Crippen LogP contribution is -2.30. The molecule has 0 bridgehead atoms. The molecule has 0 fully saturated rings. The molecule has 2 aromatic rings. The number of hydrogen-bond acceptors (Lipinski definition) is 1. The fraction of sp³-hybridized carbons (Fsp3) is 0.250. The third kappa shape index (κ3) is 2.72. The molecule has 19 heavy (non-hydrogen) atoms. The third-order valence-electron chi connectivity index (χ3n) is 3.64. The van der Waals surface area contributed by atoms with Crippen LogP contribution in [0.25, 0.3) is 0 Å². The van der Waals surface area contributed by atoms with Crippen molar-refractivity contribution in [2.75, 3.05) is 6.54 Å². The lowest BCUT2D eigenvalue weighted by molar-refractivity contribution is 0.245. The predicted molar refractivity (Wildman–Crippen MR) is 78.4 cm³/mol. The van der Waals surface area contributed by atoms with Gasteiger partial charge in [0.05, 0.1) is 4.47 Å². The number of hydrogen-bond donors (Lipinski definition) is 0. The van der Waals surface area contributed by atoms with Crippen molar-refractivity contribution in [2.24, 2.45) is 0 Å². The first kappa shape index (κ1) is 12.8. The zero-order chi connectivity index (χ0) is 13.2. The van der Waals surface area contributed by atoms with Crippen LogP contribution in [0.1, 0.15) is 16.7 Å². The molecule has 0 aliphatic carbocycles. The SMILES string of the molecule is Fc1cccc(CN2CCc3ccccc3C2)c1Br. The maximum Gasteiger partial charge on any atom is 0.137 e. The molecule has 0 aromatic heterocycles. The summed E-state index contributed by atoms with van der Waals surface area (Å²) in [5.74, 6) is -0.185. The summed E-state index contributed by atoms with van der Waals surface area (Å²) in [6.45, 7) is 2.76. The molecule has 0 spiro atoms. The highest BCUT2D eigenvalue weighted by Gasteiger charge is 2.17. The molecule has 1 heterocycles. The molecule has 0 atom stereocenters.